The molecule has 4 rings (SSSR count). The van der Waals surface area contributed by atoms with Crippen molar-refractivity contribution in [3.8, 4) is 0 Å². The Balaban J connectivity index is 1.35. The van der Waals surface area contributed by atoms with Crippen LogP contribution < -0.4 is 4.90 Å². The van der Waals surface area contributed by atoms with Crippen molar-refractivity contribution in [1.82, 2.24) is 14.9 Å². The monoisotopic (exact) mass is 352 g/mol. The van der Waals surface area contributed by atoms with E-state index in [-0.39, 0.29) is 12.0 Å². The van der Waals surface area contributed by atoms with E-state index < -0.39 is 0 Å². The Morgan fingerprint density at radius 1 is 1.27 bits per heavy atom. The third-order valence-electron chi connectivity index (χ3n) is 5.13. The number of fused-ring (bicyclic) bond motifs is 1. The van der Waals surface area contributed by atoms with Crippen molar-refractivity contribution in [2.45, 2.75) is 25.9 Å². The zero-order chi connectivity index (χ0) is 17.9. The van der Waals surface area contributed by atoms with Crippen LogP contribution in [-0.4, -0.2) is 53.6 Å². The highest BCUT2D eigenvalue weighted by Gasteiger charge is 2.27. The van der Waals surface area contributed by atoms with Crippen LogP contribution in [0, 0.1) is 6.92 Å². The summed E-state index contributed by atoms with van der Waals surface area (Å²) >= 11 is 0. The van der Waals surface area contributed by atoms with E-state index in [1.54, 1.807) is 6.20 Å². The number of amides is 1. The number of benzene rings is 1. The van der Waals surface area contributed by atoms with Crippen LogP contribution in [0.5, 0.6) is 0 Å². The zero-order valence-electron chi connectivity index (χ0n) is 15.1. The largest absolute Gasteiger partial charge is 0.370 e. The Labute approximate surface area is 153 Å². The Morgan fingerprint density at radius 2 is 2.15 bits per heavy atom. The average Bonchev–Trinajstić information content (AvgIpc) is 3.09. The number of aryl methyl sites for hydroxylation is 1. The van der Waals surface area contributed by atoms with E-state index in [9.17, 15) is 4.79 Å². The molecule has 3 heterocycles. The number of carbonyl (C=O) groups is 1. The van der Waals surface area contributed by atoms with E-state index >= 15 is 0 Å². The summed E-state index contributed by atoms with van der Waals surface area (Å²) in [5.41, 5.74) is 3.51. The molecule has 0 radical (unpaired) electrons. The summed E-state index contributed by atoms with van der Waals surface area (Å²) in [7, 11) is 0. The Hall–Kier alpha value is -2.47. The van der Waals surface area contributed by atoms with Crippen molar-refractivity contribution in [2.75, 3.05) is 37.7 Å². The first-order valence-electron chi connectivity index (χ1n) is 9.22. The molecule has 1 fully saturated rings. The van der Waals surface area contributed by atoms with Gasteiger partial charge in [0.05, 0.1) is 18.8 Å². The molecule has 0 spiro atoms. The third kappa shape index (κ3) is 3.55. The molecule has 0 N–H and O–H groups in total. The molecular formula is C20H24N4O2. The molecule has 2 aliphatic heterocycles. The molecule has 0 unspecified atom stereocenters. The van der Waals surface area contributed by atoms with Gasteiger partial charge in [0.25, 0.3) is 0 Å². The second-order valence-electron chi connectivity index (χ2n) is 6.84. The smallest absolute Gasteiger partial charge is 0.224 e. The van der Waals surface area contributed by atoms with Crippen molar-refractivity contribution in [3.05, 3.63) is 53.6 Å². The molecule has 2 aliphatic rings. The summed E-state index contributed by atoms with van der Waals surface area (Å²) in [5.74, 6) is 0.913. The lowest BCUT2D eigenvalue weighted by Crippen LogP contribution is -2.43. The molecule has 6 nitrogen and oxygen atoms in total. The number of morpholine rings is 1. The van der Waals surface area contributed by atoms with E-state index in [0.29, 0.717) is 26.1 Å². The summed E-state index contributed by atoms with van der Waals surface area (Å²) in [4.78, 5) is 25.5. The van der Waals surface area contributed by atoms with E-state index in [1.807, 2.05) is 17.9 Å². The summed E-state index contributed by atoms with van der Waals surface area (Å²) < 4.78 is 5.83. The van der Waals surface area contributed by atoms with Crippen LogP contribution in [0.15, 0.2) is 36.5 Å². The van der Waals surface area contributed by atoms with Crippen LogP contribution >= 0.6 is 0 Å². The third-order valence-corrected chi connectivity index (χ3v) is 5.13. The number of hydrogen-bond donors (Lipinski definition) is 0. The van der Waals surface area contributed by atoms with Gasteiger partial charge in [0, 0.05) is 37.9 Å². The molecule has 0 bridgehead atoms. The molecule has 0 aliphatic carbocycles. The predicted octanol–water partition coefficient (Wildman–Crippen LogP) is 2.14. The van der Waals surface area contributed by atoms with Crippen LogP contribution in [0.25, 0.3) is 0 Å². The Kier molecular flexibility index (Phi) is 4.84. The lowest BCUT2D eigenvalue weighted by atomic mass is 10.1. The number of anilines is 1. The van der Waals surface area contributed by atoms with Gasteiger partial charge in [0.15, 0.2) is 0 Å². The molecule has 2 aromatic rings. The first kappa shape index (κ1) is 17.0. The van der Waals surface area contributed by atoms with Gasteiger partial charge in [-0.25, -0.2) is 9.97 Å². The molecular weight excluding hydrogens is 328 g/mol. The molecule has 1 saturated heterocycles. The van der Waals surface area contributed by atoms with Gasteiger partial charge in [0.1, 0.15) is 11.9 Å². The fourth-order valence-corrected chi connectivity index (χ4v) is 3.74. The van der Waals surface area contributed by atoms with Crippen molar-refractivity contribution < 1.29 is 9.53 Å². The molecule has 1 aromatic carbocycles. The molecule has 1 aromatic heterocycles. The van der Waals surface area contributed by atoms with E-state index in [2.05, 4.69) is 39.1 Å². The van der Waals surface area contributed by atoms with E-state index in [0.717, 1.165) is 31.0 Å². The van der Waals surface area contributed by atoms with Gasteiger partial charge in [0.2, 0.25) is 5.91 Å². The molecule has 136 valence electrons. The van der Waals surface area contributed by atoms with E-state index in [4.69, 9.17) is 4.74 Å². The topological polar surface area (TPSA) is 58.6 Å². The molecule has 26 heavy (non-hydrogen) atoms. The normalized spacial score (nSPS) is 19.5. The maximum absolute atomic E-state index is 12.7. The quantitative estimate of drug-likeness (QED) is 0.844. The first-order valence-corrected chi connectivity index (χ1v) is 9.22. The number of nitrogens with zero attached hydrogens (tertiary/aromatic N) is 4. The van der Waals surface area contributed by atoms with Gasteiger partial charge in [-0.15, -0.1) is 0 Å². The minimum Gasteiger partial charge on any atom is -0.370 e. The van der Waals surface area contributed by atoms with Crippen LogP contribution in [0.4, 0.5) is 5.69 Å². The summed E-state index contributed by atoms with van der Waals surface area (Å²) in [6, 6.07) is 10.3. The van der Waals surface area contributed by atoms with Crippen LogP contribution in [0.3, 0.4) is 0 Å². The fraction of sp³-hybridized carbons (Fsp3) is 0.450. The van der Waals surface area contributed by atoms with Gasteiger partial charge in [-0.05, 0) is 31.0 Å². The minimum absolute atomic E-state index is 0.165. The highest BCUT2D eigenvalue weighted by Crippen LogP contribution is 2.27. The van der Waals surface area contributed by atoms with Crippen LogP contribution in [0.2, 0.25) is 0 Å². The molecule has 0 saturated carbocycles. The maximum Gasteiger partial charge on any atom is 0.224 e. The first-order chi connectivity index (χ1) is 12.7. The van der Waals surface area contributed by atoms with Crippen molar-refractivity contribution in [3.63, 3.8) is 0 Å². The minimum atomic E-state index is -0.165. The lowest BCUT2D eigenvalue weighted by Gasteiger charge is -2.33. The van der Waals surface area contributed by atoms with Crippen molar-refractivity contribution >= 4 is 11.6 Å². The summed E-state index contributed by atoms with van der Waals surface area (Å²) in [6.07, 6.45) is 3.18. The van der Waals surface area contributed by atoms with Gasteiger partial charge >= 0.3 is 0 Å². The Morgan fingerprint density at radius 3 is 3.04 bits per heavy atom. The van der Waals surface area contributed by atoms with Crippen molar-refractivity contribution in [1.29, 1.82) is 0 Å². The SMILES string of the molecule is Cc1nccc([C@@H]2CN(C(=O)CCN3CCc4ccccc43)CCO2)n1. The highest BCUT2D eigenvalue weighted by atomic mass is 16.5. The van der Waals surface area contributed by atoms with Gasteiger partial charge in [-0.1, -0.05) is 18.2 Å². The Bertz CT molecular complexity index is 795. The highest BCUT2D eigenvalue weighted by molar-refractivity contribution is 5.77. The lowest BCUT2D eigenvalue weighted by molar-refractivity contribution is -0.138. The van der Waals surface area contributed by atoms with Crippen molar-refractivity contribution in [2.24, 2.45) is 0 Å². The maximum atomic E-state index is 12.7. The second kappa shape index (κ2) is 7.41. The predicted molar refractivity (Wildman–Crippen MR) is 99.0 cm³/mol. The van der Waals surface area contributed by atoms with Crippen LogP contribution in [0.1, 0.15) is 29.6 Å². The number of ether oxygens (including phenoxy) is 1. The number of para-hydroxylation sites is 1. The summed E-state index contributed by atoms with van der Waals surface area (Å²) in [5, 5.41) is 0. The number of carbonyl (C=O) groups excluding carboxylic acids is 1. The van der Waals surface area contributed by atoms with Gasteiger partial charge in [-0.3, -0.25) is 4.79 Å². The zero-order valence-corrected chi connectivity index (χ0v) is 15.1. The molecule has 1 atom stereocenters. The summed E-state index contributed by atoms with van der Waals surface area (Å²) in [6.45, 7) is 5.39. The molecule has 1 amide bonds. The van der Waals surface area contributed by atoms with Gasteiger partial charge in [-0.2, -0.15) is 0 Å². The fourth-order valence-electron chi connectivity index (χ4n) is 3.74. The molecule has 6 heteroatoms. The average molecular weight is 352 g/mol. The number of rotatable bonds is 4. The standard InChI is InChI=1S/C20H24N4O2/c1-15-21-9-6-17(22-15)19-14-24(12-13-26-19)20(25)8-11-23-10-7-16-4-2-3-5-18(16)23/h2-6,9,19H,7-8,10-14H2,1H3/t19-/m0/s1. The van der Waals surface area contributed by atoms with E-state index in [1.165, 1.54) is 11.3 Å². The van der Waals surface area contributed by atoms with Crippen LogP contribution in [-0.2, 0) is 16.0 Å². The number of aromatic nitrogens is 2. The number of hydrogen-bond acceptors (Lipinski definition) is 5. The van der Waals surface area contributed by atoms with Gasteiger partial charge < -0.3 is 14.5 Å². The second-order valence-corrected chi connectivity index (χ2v) is 6.84.